The van der Waals surface area contributed by atoms with Crippen molar-refractivity contribution in [1.29, 1.82) is 0 Å². The minimum Gasteiger partial charge on any atom is -0.376 e. The first-order valence-electron chi connectivity index (χ1n) is 8.16. The summed E-state index contributed by atoms with van der Waals surface area (Å²) in [6, 6.07) is 11.3. The van der Waals surface area contributed by atoms with Gasteiger partial charge in [0.15, 0.2) is 0 Å². The number of nitrogens with one attached hydrogen (secondary N) is 2. The van der Waals surface area contributed by atoms with Crippen LogP contribution in [0, 0.1) is 0 Å². The highest BCUT2D eigenvalue weighted by Crippen LogP contribution is 2.29. The van der Waals surface area contributed by atoms with Crippen molar-refractivity contribution in [2.24, 2.45) is 0 Å². The van der Waals surface area contributed by atoms with Gasteiger partial charge in [-0.2, -0.15) is 13.2 Å². The number of para-hydroxylation sites is 1. The van der Waals surface area contributed by atoms with Crippen LogP contribution in [0.5, 0.6) is 0 Å². The Hall–Kier alpha value is -3.03. The molecule has 0 aliphatic rings. The monoisotopic (exact) mass is 379 g/mol. The molecule has 0 unspecified atom stereocenters. The maximum absolute atomic E-state index is 12.5. The first-order valence-corrected chi connectivity index (χ1v) is 8.16. The molecule has 0 aromatic heterocycles. The molecular weight excluding hydrogens is 359 g/mol. The lowest BCUT2D eigenvalue weighted by Crippen LogP contribution is -2.25. The van der Waals surface area contributed by atoms with Crippen molar-refractivity contribution < 1.29 is 22.8 Å². The summed E-state index contributed by atoms with van der Waals surface area (Å²) in [4.78, 5) is 25.4. The summed E-state index contributed by atoms with van der Waals surface area (Å²) in [6.45, 7) is -0.0891. The zero-order chi connectivity index (χ0) is 20.0. The molecule has 0 saturated carbocycles. The van der Waals surface area contributed by atoms with Gasteiger partial charge in [-0.25, -0.2) is 0 Å². The second kappa shape index (κ2) is 8.57. The van der Waals surface area contributed by atoms with Gasteiger partial charge in [0.05, 0.1) is 18.5 Å². The number of amides is 2. The van der Waals surface area contributed by atoms with E-state index in [9.17, 15) is 22.8 Å². The van der Waals surface area contributed by atoms with Crippen LogP contribution in [0.3, 0.4) is 0 Å². The van der Waals surface area contributed by atoms with Crippen molar-refractivity contribution in [3.8, 4) is 0 Å². The number of halogens is 3. The lowest BCUT2D eigenvalue weighted by molar-refractivity contribution is -0.137. The molecule has 0 atom stereocenters. The highest BCUT2D eigenvalue weighted by molar-refractivity contribution is 5.94. The van der Waals surface area contributed by atoms with Gasteiger partial charge in [-0.1, -0.05) is 18.2 Å². The normalized spacial score (nSPS) is 11.0. The maximum Gasteiger partial charge on any atom is 0.416 e. The molecule has 0 aliphatic carbocycles. The van der Waals surface area contributed by atoms with Gasteiger partial charge >= 0.3 is 6.18 Å². The van der Waals surface area contributed by atoms with Crippen LogP contribution in [0.25, 0.3) is 0 Å². The molecule has 2 aromatic rings. The Morgan fingerprint density at radius 2 is 1.63 bits per heavy atom. The van der Waals surface area contributed by atoms with Crippen molar-refractivity contribution in [3.05, 3.63) is 59.7 Å². The molecule has 27 heavy (non-hydrogen) atoms. The molecule has 0 saturated heterocycles. The van der Waals surface area contributed by atoms with Crippen LogP contribution in [-0.4, -0.2) is 37.4 Å². The Morgan fingerprint density at radius 3 is 2.22 bits per heavy atom. The Morgan fingerprint density at radius 1 is 1.00 bits per heavy atom. The molecule has 144 valence electrons. The van der Waals surface area contributed by atoms with E-state index in [4.69, 9.17) is 0 Å². The van der Waals surface area contributed by atoms with Gasteiger partial charge in [-0.05, 0) is 35.9 Å². The van der Waals surface area contributed by atoms with Crippen LogP contribution in [0.15, 0.2) is 48.5 Å². The van der Waals surface area contributed by atoms with E-state index in [-0.39, 0.29) is 24.6 Å². The molecule has 2 N–H and O–H groups in total. The molecular formula is C19H20F3N3O2. The highest BCUT2D eigenvalue weighted by Gasteiger charge is 2.29. The van der Waals surface area contributed by atoms with E-state index < -0.39 is 17.6 Å². The Labute approximate surface area is 155 Å². The number of hydrogen-bond acceptors (Lipinski definition) is 3. The predicted molar refractivity (Wildman–Crippen MR) is 97.4 cm³/mol. The van der Waals surface area contributed by atoms with Gasteiger partial charge in [0, 0.05) is 25.5 Å². The second-order valence-electron chi connectivity index (χ2n) is 6.10. The van der Waals surface area contributed by atoms with Crippen LogP contribution in [0.2, 0.25) is 0 Å². The quantitative estimate of drug-likeness (QED) is 0.809. The number of hydrogen-bond donors (Lipinski definition) is 2. The minimum atomic E-state index is -4.42. The number of carbonyl (C=O) groups excluding carboxylic acids is 2. The van der Waals surface area contributed by atoms with Gasteiger partial charge in [0.2, 0.25) is 11.8 Å². The number of rotatable bonds is 6. The van der Waals surface area contributed by atoms with Gasteiger partial charge in [0.1, 0.15) is 0 Å². The molecule has 0 spiro atoms. The molecule has 0 radical (unpaired) electrons. The maximum atomic E-state index is 12.5. The van der Waals surface area contributed by atoms with E-state index >= 15 is 0 Å². The third-order valence-electron chi connectivity index (χ3n) is 3.79. The number of anilines is 2. The van der Waals surface area contributed by atoms with Crippen LogP contribution in [0.1, 0.15) is 11.1 Å². The molecule has 2 aromatic carbocycles. The summed E-state index contributed by atoms with van der Waals surface area (Å²) in [7, 11) is 3.33. The van der Waals surface area contributed by atoms with E-state index in [0.717, 1.165) is 17.7 Å². The lowest BCUT2D eigenvalue weighted by atomic mass is 10.1. The summed E-state index contributed by atoms with van der Waals surface area (Å²) in [6.07, 6.45) is -4.23. The Balaban J connectivity index is 1.95. The molecule has 0 heterocycles. The largest absolute Gasteiger partial charge is 0.416 e. The van der Waals surface area contributed by atoms with E-state index in [0.29, 0.717) is 5.69 Å². The fourth-order valence-corrected chi connectivity index (χ4v) is 2.29. The fraction of sp³-hybridized carbons (Fsp3) is 0.263. The number of alkyl halides is 3. The number of benzene rings is 2. The van der Waals surface area contributed by atoms with Crippen molar-refractivity contribution in [2.75, 3.05) is 31.3 Å². The van der Waals surface area contributed by atoms with Crippen molar-refractivity contribution in [1.82, 2.24) is 4.90 Å². The third kappa shape index (κ3) is 6.02. The fourth-order valence-electron chi connectivity index (χ4n) is 2.29. The lowest BCUT2D eigenvalue weighted by Gasteiger charge is -2.14. The van der Waals surface area contributed by atoms with Crippen molar-refractivity contribution in [2.45, 2.75) is 12.6 Å². The summed E-state index contributed by atoms with van der Waals surface area (Å²) in [5, 5.41) is 5.48. The van der Waals surface area contributed by atoms with Crippen molar-refractivity contribution >= 4 is 23.2 Å². The minimum absolute atomic E-state index is 0.0709. The Kier molecular flexibility index (Phi) is 6.44. The van der Waals surface area contributed by atoms with Crippen LogP contribution in [0.4, 0.5) is 24.5 Å². The van der Waals surface area contributed by atoms with E-state index in [1.807, 2.05) is 0 Å². The van der Waals surface area contributed by atoms with E-state index in [1.165, 1.54) is 17.0 Å². The topological polar surface area (TPSA) is 61.4 Å². The summed E-state index contributed by atoms with van der Waals surface area (Å²) in [5.41, 5.74) is 0.887. The molecule has 0 bridgehead atoms. The third-order valence-corrected chi connectivity index (χ3v) is 3.79. The standard InChI is InChI=1S/C19H20F3N3O2/c1-25(2)18(27)11-13-5-3-4-6-16(13)23-12-17(26)24-15-9-7-14(8-10-15)19(20,21)22/h3-10,23H,11-12H2,1-2H3,(H,24,26). The Bertz CT molecular complexity index is 803. The van der Waals surface area contributed by atoms with Crippen LogP contribution < -0.4 is 10.6 Å². The zero-order valence-electron chi connectivity index (χ0n) is 14.9. The average Bonchev–Trinajstić information content (AvgIpc) is 2.60. The first kappa shape index (κ1) is 20.3. The summed E-state index contributed by atoms with van der Waals surface area (Å²) in [5.74, 6) is -0.484. The smallest absolute Gasteiger partial charge is 0.376 e. The SMILES string of the molecule is CN(C)C(=O)Cc1ccccc1NCC(=O)Nc1ccc(C(F)(F)F)cc1. The molecule has 0 fully saturated rings. The average molecular weight is 379 g/mol. The van der Waals surface area contributed by atoms with E-state index in [1.54, 1.807) is 38.4 Å². The predicted octanol–water partition coefficient (Wildman–Crippen LogP) is 3.39. The summed E-state index contributed by atoms with van der Waals surface area (Å²) < 4.78 is 37.6. The summed E-state index contributed by atoms with van der Waals surface area (Å²) >= 11 is 0. The van der Waals surface area contributed by atoms with Crippen LogP contribution >= 0.6 is 0 Å². The highest BCUT2D eigenvalue weighted by atomic mass is 19.4. The van der Waals surface area contributed by atoms with Gasteiger partial charge in [-0.3, -0.25) is 9.59 Å². The number of likely N-dealkylation sites (N-methyl/N-ethyl adjacent to an activating group) is 1. The number of nitrogens with zero attached hydrogens (tertiary/aromatic N) is 1. The zero-order valence-corrected chi connectivity index (χ0v) is 14.9. The van der Waals surface area contributed by atoms with Gasteiger partial charge in [0.25, 0.3) is 0 Å². The van der Waals surface area contributed by atoms with Crippen LogP contribution in [-0.2, 0) is 22.2 Å². The molecule has 2 amide bonds. The van der Waals surface area contributed by atoms with Crippen molar-refractivity contribution in [3.63, 3.8) is 0 Å². The first-order chi connectivity index (χ1) is 12.7. The molecule has 2 rings (SSSR count). The molecule has 0 aliphatic heterocycles. The van der Waals surface area contributed by atoms with E-state index in [2.05, 4.69) is 10.6 Å². The van der Waals surface area contributed by atoms with Gasteiger partial charge < -0.3 is 15.5 Å². The molecule has 8 heteroatoms. The van der Waals surface area contributed by atoms with Gasteiger partial charge in [-0.15, -0.1) is 0 Å². The number of carbonyl (C=O) groups is 2. The molecule has 5 nitrogen and oxygen atoms in total. The second-order valence-corrected chi connectivity index (χ2v) is 6.10.